The van der Waals surface area contributed by atoms with E-state index in [1.807, 2.05) is 0 Å². The van der Waals surface area contributed by atoms with Crippen LogP contribution >= 0.6 is 23.2 Å². The summed E-state index contributed by atoms with van der Waals surface area (Å²) in [7, 11) is 0. The average molecular weight is 429 g/mol. The van der Waals surface area contributed by atoms with Crippen molar-refractivity contribution in [1.29, 1.82) is 0 Å². The molecule has 0 radical (unpaired) electrons. The molecule has 0 spiro atoms. The number of fused-ring (bicyclic) bond motifs is 1. The topological polar surface area (TPSA) is 56.5 Å². The highest BCUT2D eigenvalue weighted by molar-refractivity contribution is 6.33. The van der Waals surface area contributed by atoms with Gasteiger partial charge in [-0.05, 0) is 54.6 Å². The highest BCUT2D eigenvalue weighted by atomic mass is 35.5. The second-order valence-corrected chi connectivity index (χ2v) is 6.95. The van der Waals surface area contributed by atoms with Crippen molar-refractivity contribution in [3.63, 3.8) is 0 Å². The van der Waals surface area contributed by atoms with E-state index in [1.54, 1.807) is 36.4 Å². The van der Waals surface area contributed by atoms with Gasteiger partial charge in [0.05, 0.1) is 16.0 Å². The number of esters is 1. The number of carbonyl (C=O) groups excluding carboxylic acids is 1. The number of hydrogen-bond donors (Lipinski definition) is 0. The molecule has 4 rings (SSSR count). The van der Waals surface area contributed by atoms with Crippen molar-refractivity contribution in [2.45, 2.75) is 0 Å². The van der Waals surface area contributed by atoms with Gasteiger partial charge in [-0.1, -0.05) is 35.3 Å². The number of benzene rings is 3. The zero-order valence-corrected chi connectivity index (χ0v) is 16.1. The first kappa shape index (κ1) is 19.2. The van der Waals surface area contributed by atoms with E-state index in [9.17, 15) is 14.0 Å². The normalized spacial score (nSPS) is 10.9. The lowest BCUT2D eigenvalue weighted by Crippen LogP contribution is -2.16. The predicted molar refractivity (Wildman–Crippen MR) is 109 cm³/mol. The van der Waals surface area contributed by atoms with Gasteiger partial charge in [0, 0.05) is 10.6 Å². The van der Waals surface area contributed by atoms with E-state index in [0.717, 1.165) is 12.1 Å². The van der Waals surface area contributed by atoms with E-state index in [2.05, 4.69) is 0 Å². The molecule has 0 unspecified atom stereocenters. The van der Waals surface area contributed by atoms with Crippen LogP contribution in [0.15, 0.2) is 75.9 Å². The minimum atomic E-state index is -0.841. The standard InChI is InChI=1S/C22H11Cl2FO4/c23-13-7-10-18-16(11-13)19(26)21(20(28-18)15-3-1-2-4-17(15)24)29-22(27)12-5-8-14(25)9-6-12/h1-11H. The highest BCUT2D eigenvalue weighted by Crippen LogP contribution is 2.36. The maximum atomic E-state index is 13.1. The van der Waals surface area contributed by atoms with E-state index >= 15 is 0 Å². The number of hydrogen-bond acceptors (Lipinski definition) is 4. The van der Waals surface area contributed by atoms with Gasteiger partial charge < -0.3 is 9.15 Å². The predicted octanol–water partition coefficient (Wildman–Crippen LogP) is 6.13. The Kier molecular flexibility index (Phi) is 5.09. The summed E-state index contributed by atoms with van der Waals surface area (Å²) in [6, 6.07) is 16.0. The van der Waals surface area contributed by atoms with Crippen LogP contribution in [0, 0.1) is 5.82 Å². The van der Waals surface area contributed by atoms with Crippen molar-refractivity contribution < 1.29 is 18.3 Å². The molecule has 3 aromatic carbocycles. The monoisotopic (exact) mass is 428 g/mol. The summed E-state index contributed by atoms with van der Waals surface area (Å²) >= 11 is 12.3. The van der Waals surface area contributed by atoms with Crippen molar-refractivity contribution in [1.82, 2.24) is 0 Å². The van der Waals surface area contributed by atoms with Crippen LogP contribution in [0.4, 0.5) is 4.39 Å². The van der Waals surface area contributed by atoms with Crippen LogP contribution in [0.5, 0.6) is 5.75 Å². The van der Waals surface area contributed by atoms with Crippen LogP contribution < -0.4 is 10.2 Å². The molecule has 4 nitrogen and oxygen atoms in total. The molecule has 0 fully saturated rings. The lowest BCUT2D eigenvalue weighted by molar-refractivity contribution is 0.0731. The second kappa shape index (κ2) is 7.70. The molecule has 4 aromatic rings. The summed E-state index contributed by atoms with van der Waals surface area (Å²) in [6.07, 6.45) is 0. The fourth-order valence-electron chi connectivity index (χ4n) is 2.80. The van der Waals surface area contributed by atoms with Gasteiger partial charge in [-0.3, -0.25) is 4.79 Å². The summed E-state index contributed by atoms with van der Waals surface area (Å²) in [5, 5.41) is 0.782. The molecule has 0 atom stereocenters. The minimum Gasteiger partial charge on any atom is -0.452 e. The largest absolute Gasteiger partial charge is 0.452 e. The van der Waals surface area contributed by atoms with E-state index in [-0.39, 0.29) is 28.0 Å². The van der Waals surface area contributed by atoms with Crippen LogP contribution in [-0.4, -0.2) is 5.97 Å². The van der Waals surface area contributed by atoms with E-state index in [1.165, 1.54) is 18.2 Å². The Balaban J connectivity index is 1.92. The Bertz CT molecular complexity index is 1300. The summed E-state index contributed by atoms with van der Waals surface area (Å²) in [4.78, 5) is 25.7. The Morgan fingerprint density at radius 1 is 0.966 bits per heavy atom. The Morgan fingerprint density at radius 3 is 2.41 bits per heavy atom. The van der Waals surface area contributed by atoms with Gasteiger partial charge in [-0.2, -0.15) is 0 Å². The fourth-order valence-corrected chi connectivity index (χ4v) is 3.20. The lowest BCUT2D eigenvalue weighted by Gasteiger charge is -2.11. The molecule has 0 N–H and O–H groups in total. The molecule has 29 heavy (non-hydrogen) atoms. The summed E-state index contributed by atoms with van der Waals surface area (Å²) in [6.45, 7) is 0. The highest BCUT2D eigenvalue weighted by Gasteiger charge is 2.23. The minimum absolute atomic E-state index is 0.00545. The first-order chi connectivity index (χ1) is 13.9. The summed E-state index contributed by atoms with van der Waals surface area (Å²) < 4.78 is 24.4. The third-order valence-electron chi connectivity index (χ3n) is 4.20. The molecule has 0 aliphatic heterocycles. The van der Waals surface area contributed by atoms with Crippen molar-refractivity contribution in [2.24, 2.45) is 0 Å². The Hall–Kier alpha value is -3.15. The molecule has 1 heterocycles. The van der Waals surface area contributed by atoms with Crippen LogP contribution in [-0.2, 0) is 0 Å². The molecule has 0 bridgehead atoms. The molecule has 1 aromatic heterocycles. The fraction of sp³-hybridized carbons (Fsp3) is 0. The summed E-state index contributed by atoms with van der Waals surface area (Å²) in [5.41, 5.74) is 0.127. The van der Waals surface area contributed by atoms with Crippen LogP contribution in [0.25, 0.3) is 22.3 Å². The van der Waals surface area contributed by atoms with Gasteiger partial charge in [0.1, 0.15) is 11.4 Å². The third-order valence-corrected chi connectivity index (χ3v) is 4.77. The van der Waals surface area contributed by atoms with E-state index in [4.69, 9.17) is 32.4 Å². The van der Waals surface area contributed by atoms with E-state index < -0.39 is 17.2 Å². The maximum absolute atomic E-state index is 13.1. The molecule has 0 saturated heterocycles. The zero-order valence-electron chi connectivity index (χ0n) is 14.6. The molecule has 0 aliphatic carbocycles. The first-order valence-electron chi connectivity index (χ1n) is 8.43. The van der Waals surface area contributed by atoms with Gasteiger partial charge >= 0.3 is 5.97 Å². The molecular formula is C22H11Cl2FO4. The van der Waals surface area contributed by atoms with Gasteiger partial charge in [-0.15, -0.1) is 0 Å². The van der Waals surface area contributed by atoms with Crippen molar-refractivity contribution in [2.75, 3.05) is 0 Å². The smallest absolute Gasteiger partial charge is 0.343 e. The maximum Gasteiger partial charge on any atom is 0.343 e. The van der Waals surface area contributed by atoms with E-state index in [0.29, 0.717) is 15.6 Å². The lowest BCUT2D eigenvalue weighted by atomic mass is 10.1. The number of ether oxygens (including phenoxy) is 1. The number of rotatable bonds is 3. The van der Waals surface area contributed by atoms with Crippen molar-refractivity contribution >= 4 is 40.1 Å². The van der Waals surface area contributed by atoms with Gasteiger partial charge in [0.25, 0.3) is 0 Å². The quantitative estimate of drug-likeness (QED) is 0.368. The SMILES string of the molecule is O=C(Oc1c(-c2ccccc2Cl)oc2ccc(Cl)cc2c1=O)c1ccc(F)cc1. The molecule has 0 amide bonds. The number of halogens is 3. The molecule has 7 heteroatoms. The first-order valence-corrected chi connectivity index (χ1v) is 9.18. The zero-order chi connectivity index (χ0) is 20.5. The average Bonchev–Trinajstić information content (AvgIpc) is 2.71. The Morgan fingerprint density at radius 2 is 1.69 bits per heavy atom. The van der Waals surface area contributed by atoms with Crippen molar-refractivity contribution in [3.8, 4) is 17.1 Å². The van der Waals surface area contributed by atoms with Crippen LogP contribution in [0.1, 0.15) is 10.4 Å². The van der Waals surface area contributed by atoms with Gasteiger partial charge in [0.2, 0.25) is 11.2 Å². The molecule has 144 valence electrons. The third kappa shape index (κ3) is 3.75. The van der Waals surface area contributed by atoms with Gasteiger partial charge in [-0.25, -0.2) is 9.18 Å². The molecule has 0 saturated carbocycles. The molecular weight excluding hydrogens is 418 g/mol. The van der Waals surface area contributed by atoms with Crippen LogP contribution in [0.2, 0.25) is 10.0 Å². The number of carbonyl (C=O) groups is 1. The summed E-state index contributed by atoms with van der Waals surface area (Å²) in [5.74, 6) is -1.67. The van der Waals surface area contributed by atoms with Crippen molar-refractivity contribution in [3.05, 3.63) is 98.4 Å². The Labute approximate surface area is 174 Å². The van der Waals surface area contributed by atoms with Crippen LogP contribution in [0.3, 0.4) is 0 Å². The second-order valence-electron chi connectivity index (χ2n) is 6.11. The molecule has 0 aliphatic rings. The van der Waals surface area contributed by atoms with Gasteiger partial charge in [0.15, 0.2) is 5.76 Å².